The molecule has 1 N–H and O–H groups in total. The largest absolute Gasteiger partial charge is 0.478 e. The molecule has 110 valence electrons. The molecule has 0 amide bonds. The lowest BCUT2D eigenvalue weighted by Crippen LogP contribution is -2.33. The zero-order valence-corrected chi connectivity index (χ0v) is 12.5. The highest BCUT2D eigenvalue weighted by molar-refractivity contribution is 6.33. The van der Waals surface area contributed by atoms with Crippen LogP contribution in [-0.2, 0) is 5.41 Å². The normalized spacial score (nSPS) is 15.6. The monoisotopic (exact) mass is 312 g/mol. The Bertz CT molecular complexity index is 791. The van der Waals surface area contributed by atoms with Crippen LogP contribution in [0.5, 0.6) is 0 Å². The van der Waals surface area contributed by atoms with E-state index in [1.54, 1.807) is 12.1 Å². The van der Waals surface area contributed by atoms with Crippen molar-refractivity contribution in [3.63, 3.8) is 0 Å². The van der Waals surface area contributed by atoms with Crippen molar-refractivity contribution in [2.75, 3.05) is 0 Å². The number of hydrogen-bond acceptors (Lipinski definition) is 3. The third kappa shape index (κ3) is 2.34. The average Bonchev–Trinajstić information content (AvgIpc) is 2.46. The van der Waals surface area contributed by atoms with Gasteiger partial charge in [-0.05, 0) is 43.5 Å². The number of aromatic carboxylic acids is 1. The van der Waals surface area contributed by atoms with E-state index in [2.05, 4.69) is 11.1 Å². The zero-order valence-electron chi connectivity index (χ0n) is 11.7. The molecule has 0 aliphatic heterocycles. The second-order valence-corrected chi connectivity index (χ2v) is 5.86. The number of nitriles is 1. The number of carboxylic acids is 1. The van der Waals surface area contributed by atoms with Crippen LogP contribution in [0.1, 0.15) is 35.3 Å². The molecule has 2 aromatic rings. The van der Waals surface area contributed by atoms with Crippen LogP contribution in [0, 0.1) is 11.3 Å². The molecule has 1 saturated carbocycles. The first-order valence-electron chi connectivity index (χ1n) is 6.98. The molecule has 0 unspecified atom stereocenters. The number of hydrogen-bond donors (Lipinski definition) is 1. The quantitative estimate of drug-likeness (QED) is 0.928. The summed E-state index contributed by atoms with van der Waals surface area (Å²) < 4.78 is 0. The van der Waals surface area contributed by atoms with E-state index in [9.17, 15) is 10.1 Å². The van der Waals surface area contributed by atoms with Crippen LogP contribution in [0.4, 0.5) is 0 Å². The molecule has 0 bridgehead atoms. The maximum Gasteiger partial charge on any atom is 0.337 e. The van der Waals surface area contributed by atoms with Crippen LogP contribution in [0.3, 0.4) is 0 Å². The van der Waals surface area contributed by atoms with Crippen molar-refractivity contribution in [2.24, 2.45) is 0 Å². The van der Waals surface area contributed by atoms with Gasteiger partial charge in [0.15, 0.2) is 0 Å². The fourth-order valence-electron chi connectivity index (χ4n) is 2.67. The number of halogens is 1. The Hall–Kier alpha value is -2.38. The molecule has 0 atom stereocenters. The van der Waals surface area contributed by atoms with E-state index < -0.39 is 11.4 Å². The van der Waals surface area contributed by atoms with Gasteiger partial charge in [-0.1, -0.05) is 23.7 Å². The number of pyridine rings is 1. The van der Waals surface area contributed by atoms with Crippen molar-refractivity contribution in [1.82, 2.24) is 4.98 Å². The van der Waals surface area contributed by atoms with Gasteiger partial charge in [0.25, 0.3) is 0 Å². The van der Waals surface area contributed by atoms with Gasteiger partial charge in [-0.25, -0.2) is 4.79 Å². The average molecular weight is 313 g/mol. The Balaban J connectivity index is 2.01. The predicted octanol–water partition coefficient (Wildman–Crippen LogP) is 4.05. The molecule has 1 fully saturated rings. The second kappa shape index (κ2) is 5.43. The highest BCUT2D eigenvalue weighted by Crippen LogP contribution is 2.42. The van der Waals surface area contributed by atoms with Crippen LogP contribution in [0.15, 0.2) is 36.4 Å². The van der Waals surface area contributed by atoms with E-state index in [1.165, 1.54) is 6.07 Å². The molecule has 22 heavy (non-hydrogen) atoms. The van der Waals surface area contributed by atoms with Gasteiger partial charge in [0, 0.05) is 5.56 Å². The van der Waals surface area contributed by atoms with Gasteiger partial charge in [0.05, 0.1) is 33.5 Å². The smallest absolute Gasteiger partial charge is 0.337 e. The molecule has 0 spiro atoms. The summed E-state index contributed by atoms with van der Waals surface area (Å²) in [7, 11) is 0. The highest BCUT2D eigenvalue weighted by Gasteiger charge is 2.40. The van der Waals surface area contributed by atoms with Crippen molar-refractivity contribution < 1.29 is 9.90 Å². The number of carboxylic acid groups (broad SMARTS) is 1. The minimum atomic E-state index is -1.06. The summed E-state index contributed by atoms with van der Waals surface area (Å²) in [5.74, 6) is -1.06. The first kappa shape index (κ1) is 14.6. The Labute approximate surface area is 133 Å². The van der Waals surface area contributed by atoms with Crippen LogP contribution in [0.2, 0.25) is 5.02 Å². The molecule has 5 heteroatoms. The summed E-state index contributed by atoms with van der Waals surface area (Å²) >= 11 is 6.01. The van der Waals surface area contributed by atoms with Gasteiger partial charge in [0.1, 0.15) is 0 Å². The Kier molecular flexibility index (Phi) is 3.59. The molecule has 1 aromatic heterocycles. The van der Waals surface area contributed by atoms with E-state index in [1.807, 2.05) is 18.2 Å². The van der Waals surface area contributed by atoms with Gasteiger partial charge in [-0.2, -0.15) is 5.26 Å². The minimum Gasteiger partial charge on any atom is -0.478 e. The third-order valence-corrected chi connectivity index (χ3v) is 4.47. The maximum atomic E-state index is 11.0. The van der Waals surface area contributed by atoms with Crippen molar-refractivity contribution in [2.45, 2.75) is 24.7 Å². The fourth-order valence-corrected chi connectivity index (χ4v) is 2.93. The van der Waals surface area contributed by atoms with E-state index in [-0.39, 0.29) is 10.6 Å². The van der Waals surface area contributed by atoms with E-state index >= 15 is 0 Å². The highest BCUT2D eigenvalue weighted by atomic mass is 35.5. The summed E-state index contributed by atoms with van der Waals surface area (Å²) in [5, 5.41) is 18.6. The lowest BCUT2D eigenvalue weighted by atomic mass is 9.67. The maximum absolute atomic E-state index is 11.0. The number of carbonyl (C=O) groups is 1. The molecule has 4 nitrogen and oxygen atoms in total. The van der Waals surface area contributed by atoms with Gasteiger partial charge in [0.2, 0.25) is 0 Å². The van der Waals surface area contributed by atoms with Gasteiger partial charge < -0.3 is 5.11 Å². The van der Waals surface area contributed by atoms with Crippen molar-refractivity contribution >= 4 is 17.6 Å². The van der Waals surface area contributed by atoms with E-state index in [4.69, 9.17) is 16.7 Å². The number of nitrogens with zero attached hydrogens (tertiary/aromatic N) is 2. The zero-order chi connectivity index (χ0) is 15.7. The Morgan fingerprint density at radius 2 is 2.09 bits per heavy atom. The summed E-state index contributed by atoms with van der Waals surface area (Å²) in [6.07, 6.45) is 2.70. The summed E-state index contributed by atoms with van der Waals surface area (Å²) in [5.41, 5.74) is 1.80. The molecular formula is C17H13ClN2O2. The topological polar surface area (TPSA) is 74.0 Å². The molecule has 1 aliphatic rings. The van der Waals surface area contributed by atoms with E-state index in [0.29, 0.717) is 5.69 Å². The number of benzene rings is 1. The third-order valence-electron chi connectivity index (χ3n) is 4.16. The van der Waals surface area contributed by atoms with Gasteiger partial charge >= 0.3 is 5.97 Å². The molecular weight excluding hydrogens is 300 g/mol. The second-order valence-electron chi connectivity index (χ2n) is 5.46. The van der Waals surface area contributed by atoms with Crippen molar-refractivity contribution in [3.05, 3.63) is 52.7 Å². The first-order valence-corrected chi connectivity index (χ1v) is 7.35. The number of rotatable bonds is 3. The lowest BCUT2D eigenvalue weighted by Gasteiger charge is -2.34. The minimum absolute atomic E-state index is 0.0639. The number of aromatic nitrogens is 1. The van der Waals surface area contributed by atoms with Crippen LogP contribution in [-0.4, -0.2) is 16.1 Å². The van der Waals surface area contributed by atoms with Crippen molar-refractivity contribution in [3.8, 4) is 17.3 Å². The first-order chi connectivity index (χ1) is 10.6. The Morgan fingerprint density at radius 1 is 1.32 bits per heavy atom. The summed E-state index contributed by atoms with van der Waals surface area (Å²) in [6, 6.07) is 12.7. The van der Waals surface area contributed by atoms with Gasteiger partial charge in [-0.15, -0.1) is 0 Å². The SMILES string of the molecule is N#CC1(c2cccc(-c3ccc(C(=O)O)c(Cl)c3)n2)CCC1. The molecule has 0 radical (unpaired) electrons. The molecule has 1 aromatic carbocycles. The fraction of sp³-hybridized carbons (Fsp3) is 0.235. The molecule has 0 saturated heterocycles. The van der Waals surface area contributed by atoms with Crippen LogP contribution in [0.25, 0.3) is 11.3 Å². The van der Waals surface area contributed by atoms with Crippen LogP contribution < -0.4 is 0 Å². The predicted molar refractivity (Wildman–Crippen MR) is 82.8 cm³/mol. The lowest BCUT2D eigenvalue weighted by molar-refractivity contribution is 0.0697. The summed E-state index contributed by atoms with van der Waals surface area (Å²) in [6.45, 7) is 0. The summed E-state index contributed by atoms with van der Waals surface area (Å²) in [4.78, 5) is 15.6. The molecule has 1 heterocycles. The Morgan fingerprint density at radius 3 is 2.64 bits per heavy atom. The van der Waals surface area contributed by atoms with E-state index in [0.717, 1.165) is 30.5 Å². The van der Waals surface area contributed by atoms with Crippen LogP contribution >= 0.6 is 11.6 Å². The molecule has 3 rings (SSSR count). The van der Waals surface area contributed by atoms with Crippen molar-refractivity contribution in [1.29, 1.82) is 5.26 Å². The standard InChI is InChI=1S/C17H13ClN2O2/c18-13-9-11(5-6-12(13)16(21)22)14-3-1-4-15(20-14)17(10-19)7-2-8-17/h1,3-6,9H,2,7-8H2,(H,21,22). The molecule has 1 aliphatic carbocycles. The van der Waals surface area contributed by atoms with Gasteiger partial charge in [-0.3, -0.25) is 4.98 Å².